The van der Waals surface area contributed by atoms with Crippen LogP contribution in [-0.4, -0.2) is 9.97 Å². The molecule has 5 aromatic carbocycles. The normalized spacial score (nSPS) is 10.7. The predicted octanol–water partition coefficient (Wildman–Crippen LogP) is 8.43. The Balaban J connectivity index is 0.00000111. The van der Waals surface area contributed by atoms with E-state index in [1.54, 1.807) is 0 Å². The van der Waals surface area contributed by atoms with Crippen molar-refractivity contribution in [2.45, 2.75) is 13.8 Å². The Bertz CT molecular complexity index is 1540. The van der Waals surface area contributed by atoms with Crippen LogP contribution in [0.5, 0.6) is 0 Å². The fraction of sp³-hybridized carbons (Fsp3) is 0.0667. The van der Waals surface area contributed by atoms with Crippen molar-refractivity contribution in [3.63, 3.8) is 0 Å². The van der Waals surface area contributed by atoms with E-state index in [0.717, 1.165) is 39.1 Å². The van der Waals surface area contributed by atoms with Crippen molar-refractivity contribution in [2.75, 3.05) is 4.90 Å². The minimum Gasteiger partial charge on any atom is -0.310 e. The second kappa shape index (κ2) is 9.09. The number of hydrogen-bond donors (Lipinski definition) is 0. The number of nitrogens with zero attached hydrogens (tertiary/aromatic N) is 3. The number of para-hydroxylation sites is 3. The third-order valence-electron chi connectivity index (χ3n) is 5.59. The molecule has 0 aliphatic carbocycles. The molecule has 0 saturated carbocycles. The second-order valence-electron chi connectivity index (χ2n) is 7.59. The third kappa shape index (κ3) is 4.01. The largest absolute Gasteiger partial charge is 0.310 e. The molecule has 1 heterocycles. The van der Waals surface area contributed by atoms with Gasteiger partial charge in [-0.15, -0.1) is 0 Å². The van der Waals surface area contributed by atoms with Gasteiger partial charge in [-0.3, -0.25) is 0 Å². The van der Waals surface area contributed by atoms with E-state index in [0.29, 0.717) is 0 Å². The summed E-state index contributed by atoms with van der Waals surface area (Å²) in [6, 6.07) is 39.8. The molecule has 0 aliphatic rings. The van der Waals surface area contributed by atoms with Gasteiger partial charge in [0.25, 0.3) is 0 Å². The summed E-state index contributed by atoms with van der Waals surface area (Å²) in [6.45, 7) is 4.00. The summed E-state index contributed by atoms with van der Waals surface area (Å²) >= 11 is 0. The van der Waals surface area contributed by atoms with Crippen LogP contribution in [0.4, 0.5) is 17.1 Å². The summed E-state index contributed by atoms with van der Waals surface area (Å²) in [7, 11) is 0. The summed E-state index contributed by atoms with van der Waals surface area (Å²) in [5, 5.41) is 2.45. The quantitative estimate of drug-likeness (QED) is 0.265. The molecule has 33 heavy (non-hydrogen) atoms. The zero-order chi connectivity index (χ0) is 22.6. The lowest BCUT2D eigenvalue weighted by molar-refractivity contribution is 1.28. The Labute approximate surface area is 194 Å². The molecule has 0 bridgehead atoms. The minimum atomic E-state index is 0.887. The Kier molecular flexibility index (Phi) is 5.69. The number of rotatable bonds is 3. The van der Waals surface area contributed by atoms with Gasteiger partial charge in [0.2, 0.25) is 0 Å². The number of benzene rings is 5. The highest BCUT2D eigenvalue weighted by Crippen LogP contribution is 2.37. The third-order valence-corrected chi connectivity index (χ3v) is 5.59. The first-order valence-electron chi connectivity index (χ1n) is 11.4. The SMILES string of the molecule is CC.c1ccc(N(c2ccc3ccccc3c2)c2ccc3nc4ccccc4nc3c2)cc1. The van der Waals surface area contributed by atoms with Crippen molar-refractivity contribution in [1.82, 2.24) is 9.97 Å². The van der Waals surface area contributed by atoms with Crippen molar-refractivity contribution in [3.05, 3.63) is 115 Å². The van der Waals surface area contributed by atoms with Crippen molar-refractivity contribution >= 4 is 49.9 Å². The van der Waals surface area contributed by atoms with Gasteiger partial charge in [-0.1, -0.05) is 74.5 Å². The van der Waals surface area contributed by atoms with E-state index in [1.165, 1.54) is 10.8 Å². The lowest BCUT2D eigenvalue weighted by Gasteiger charge is -2.26. The van der Waals surface area contributed by atoms with Gasteiger partial charge in [0, 0.05) is 17.1 Å². The van der Waals surface area contributed by atoms with E-state index in [2.05, 4.69) is 89.8 Å². The Morgan fingerprint density at radius 1 is 0.424 bits per heavy atom. The maximum atomic E-state index is 4.87. The number of anilines is 3. The molecule has 0 amide bonds. The zero-order valence-corrected chi connectivity index (χ0v) is 18.8. The Morgan fingerprint density at radius 2 is 0.970 bits per heavy atom. The molecule has 0 atom stereocenters. The molecule has 0 radical (unpaired) electrons. The fourth-order valence-electron chi connectivity index (χ4n) is 4.09. The van der Waals surface area contributed by atoms with Gasteiger partial charge in [0.05, 0.1) is 22.1 Å². The van der Waals surface area contributed by atoms with Crippen LogP contribution in [0.25, 0.3) is 32.8 Å². The highest BCUT2D eigenvalue weighted by atomic mass is 15.1. The first-order valence-corrected chi connectivity index (χ1v) is 11.4. The van der Waals surface area contributed by atoms with Crippen LogP contribution in [0.2, 0.25) is 0 Å². The smallest absolute Gasteiger partial charge is 0.0915 e. The van der Waals surface area contributed by atoms with Crippen LogP contribution in [0.15, 0.2) is 115 Å². The van der Waals surface area contributed by atoms with E-state index in [1.807, 2.05) is 44.2 Å². The van der Waals surface area contributed by atoms with Crippen LogP contribution in [0.3, 0.4) is 0 Å². The van der Waals surface area contributed by atoms with Crippen LogP contribution < -0.4 is 4.90 Å². The van der Waals surface area contributed by atoms with Crippen molar-refractivity contribution in [2.24, 2.45) is 0 Å². The molecule has 3 nitrogen and oxygen atoms in total. The van der Waals surface area contributed by atoms with Gasteiger partial charge < -0.3 is 4.90 Å². The summed E-state index contributed by atoms with van der Waals surface area (Å²) in [4.78, 5) is 11.9. The van der Waals surface area contributed by atoms with Crippen LogP contribution in [-0.2, 0) is 0 Å². The van der Waals surface area contributed by atoms with E-state index in [9.17, 15) is 0 Å². The number of aromatic nitrogens is 2. The summed E-state index contributed by atoms with van der Waals surface area (Å²) in [5.74, 6) is 0. The lowest BCUT2D eigenvalue weighted by Crippen LogP contribution is -2.10. The van der Waals surface area contributed by atoms with Gasteiger partial charge in [0.15, 0.2) is 0 Å². The van der Waals surface area contributed by atoms with Crippen molar-refractivity contribution < 1.29 is 0 Å². The molecule has 0 unspecified atom stereocenters. The molecular formula is C30H25N3. The van der Waals surface area contributed by atoms with Gasteiger partial charge in [-0.25, -0.2) is 9.97 Å². The molecule has 0 spiro atoms. The van der Waals surface area contributed by atoms with Crippen molar-refractivity contribution in [1.29, 1.82) is 0 Å². The topological polar surface area (TPSA) is 29.0 Å². The summed E-state index contributed by atoms with van der Waals surface area (Å²) in [6.07, 6.45) is 0. The monoisotopic (exact) mass is 427 g/mol. The van der Waals surface area contributed by atoms with E-state index in [4.69, 9.17) is 9.97 Å². The van der Waals surface area contributed by atoms with Gasteiger partial charge >= 0.3 is 0 Å². The predicted molar refractivity (Wildman–Crippen MR) is 141 cm³/mol. The first kappa shape index (κ1) is 20.7. The van der Waals surface area contributed by atoms with Crippen LogP contribution >= 0.6 is 0 Å². The summed E-state index contributed by atoms with van der Waals surface area (Å²) < 4.78 is 0. The highest BCUT2D eigenvalue weighted by molar-refractivity contribution is 5.92. The van der Waals surface area contributed by atoms with E-state index >= 15 is 0 Å². The van der Waals surface area contributed by atoms with Crippen molar-refractivity contribution in [3.8, 4) is 0 Å². The lowest BCUT2D eigenvalue weighted by atomic mass is 10.1. The van der Waals surface area contributed by atoms with Crippen LogP contribution in [0.1, 0.15) is 13.8 Å². The highest BCUT2D eigenvalue weighted by Gasteiger charge is 2.14. The van der Waals surface area contributed by atoms with Crippen LogP contribution in [0, 0.1) is 0 Å². The Morgan fingerprint density at radius 3 is 1.73 bits per heavy atom. The minimum absolute atomic E-state index is 0.887. The molecule has 6 rings (SSSR count). The maximum absolute atomic E-state index is 4.87. The van der Waals surface area contributed by atoms with Gasteiger partial charge in [-0.05, 0) is 65.4 Å². The Hall–Kier alpha value is -4.24. The molecular weight excluding hydrogens is 402 g/mol. The van der Waals surface area contributed by atoms with E-state index < -0.39 is 0 Å². The van der Waals surface area contributed by atoms with E-state index in [-0.39, 0.29) is 0 Å². The fourth-order valence-corrected chi connectivity index (χ4v) is 4.09. The molecule has 0 fully saturated rings. The average Bonchev–Trinajstić information content (AvgIpc) is 2.89. The molecule has 0 saturated heterocycles. The number of hydrogen-bond acceptors (Lipinski definition) is 3. The zero-order valence-electron chi connectivity index (χ0n) is 18.8. The molecule has 3 heteroatoms. The standard InChI is InChI=1S/C28H19N3.C2H6/c1-2-10-22(11-3-1)31(23-15-14-20-8-4-5-9-21(20)18-23)24-16-17-27-28(19-24)30-26-13-7-6-12-25(26)29-27;1-2/h1-19H;1-2H3. The molecule has 160 valence electrons. The average molecular weight is 428 g/mol. The second-order valence-corrected chi connectivity index (χ2v) is 7.59. The summed E-state index contributed by atoms with van der Waals surface area (Å²) in [5.41, 5.74) is 6.87. The first-order chi connectivity index (χ1) is 16.3. The number of fused-ring (bicyclic) bond motifs is 3. The van der Waals surface area contributed by atoms with Gasteiger partial charge in [0.1, 0.15) is 0 Å². The maximum Gasteiger partial charge on any atom is 0.0915 e. The van der Waals surface area contributed by atoms with Gasteiger partial charge in [-0.2, -0.15) is 0 Å². The molecule has 0 N–H and O–H groups in total. The molecule has 1 aromatic heterocycles. The molecule has 6 aromatic rings. The molecule has 0 aliphatic heterocycles.